The molecule has 0 atom stereocenters. The lowest BCUT2D eigenvalue weighted by Gasteiger charge is -2.33. The van der Waals surface area contributed by atoms with Crippen molar-refractivity contribution in [3.05, 3.63) is 15.9 Å². The van der Waals surface area contributed by atoms with Gasteiger partial charge in [-0.2, -0.15) is 5.10 Å². The highest BCUT2D eigenvalue weighted by Crippen LogP contribution is 2.24. The number of carbonyl (C=O) groups is 1. The molecule has 0 radical (unpaired) electrons. The second-order valence-electron chi connectivity index (χ2n) is 5.32. The summed E-state index contributed by atoms with van der Waals surface area (Å²) in [7, 11) is 0. The first-order chi connectivity index (χ1) is 10.0. The lowest BCUT2D eigenvalue weighted by Crippen LogP contribution is -2.47. The zero-order valence-corrected chi connectivity index (χ0v) is 14.3. The molecule has 0 saturated carbocycles. The fourth-order valence-corrected chi connectivity index (χ4v) is 3.37. The van der Waals surface area contributed by atoms with Crippen molar-refractivity contribution in [2.24, 2.45) is 0 Å². The van der Waals surface area contributed by atoms with E-state index in [1.807, 2.05) is 4.90 Å². The highest BCUT2D eigenvalue weighted by atomic mass is 79.9. The van der Waals surface area contributed by atoms with Crippen LogP contribution in [-0.4, -0.2) is 63.4 Å². The fraction of sp³-hybridized carbons (Fsp3) is 0.714. The Labute approximate surface area is 133 Å². The summed E-state index contributed by atoms with van der Waals surface area (Å²) in [6, 6.07) is 0. The molecule has 2 heterocycles. The first-order valence-electron chi connectivity index (χ1n) is 7.45. The van der Waals surface area contributed by atoms with Gasteiger partial charge in [-0.15, -0.1) is 0 Å². The maximum absolute atomic E-state index is 10.7. The van der Waals surface area contributed by atoms with Crippen LogP contribution < -0.4 is 0 Å². The average Bonchev–Trinajstić information content (AvgIpc) is 2.77. The minimum Gasteiger partial charge on any atom is -0.480 e. The first kappa shape index (κ1) is 16.5. The Hall–Kier alpha value is -0.920. The van der Waals surface area contributed by atoms with Gasteiger partial charge in [0.1, 0.15) is 0 Å². The Balaban J connectivity index is 1.97. The van der Waals surface area contributed by atoms with Crippen LogP contribution >= 0.6 is 15.9 Å². The van der Waals surface area contributed by atoms with Crippen molar-refractivity contribution < 1.29 is 9.90 Å². The zero-order chi connectivity index (χ0) is 15.4. The van der Waals surface area contributed by atoms with E-state index in [2.05, 4.69) is 44.5 Å². The number of halogens is 1. The van der Waals surface area contributed by atoms with Gasteiger partial charge in [-0.3, -0.25) is 19.3 Å². The molecule has 1 aliphatic heterocycles. The smallest absolute Gasteiger partial charge is 0.317 e. The molecule has 0 spiro atoms. The van der Waals surface area contributed by atoms with E-state index in [1.165, 1.54) is 5.69 Å². The summed E-state index contributed by atoms with van der Waals surface area (Å²) in [5.74, 6) is -0.747. The fourth-order valence-electron chi connectivity index (χ4n) is 2.68. The van der Waals surface area contributed by atoms with Gasteiger partial charge in [0.2, 0.25) is 0 Å². The van der Waals surface area contributed by atoms with Gasteiger partial charge < -0.3 is 5.11 Å². The maximum Gasteiger partial charge on any atom is 0.317 e. The van der Waals surface area contributed by atoms with Gasteiger partial charge in [-0.05, 0) is 29.3 Å². The van der Waals surface area contributed by atoms with Crippen molar-refractivity contribution in [3.63, 3.8) is 0 Å². The van der Waals surface area contributed by atoms with Crippen LogP contribution in [-0.2, 0) is 24.3 Å². The van der Waals surface area contributed by atoms with E-state index < -0.39 is 5.97 Å². The quantitative estimate of drug-likeness (QED) is 0.833. The number of carboxylic acids is 1. The highest BCUT2D eigenvalue weighted by Gasteiger charge is 2.22. The number of rotatable bonds is 6. The van der Waals surface area contributed by atoms with E-state index in [0.717, 1.165) is 55.9 Å². The lowest BCUT2D eigenvalue weighted by molar-refractivity contribution is -0.138. The molecule has 0 aliphatic carbocycles. The van der Waals surface area contributed by atoms with Crippen LogP contribution in [0.4, 0.5) is 0 Å². The summed E-state index contributed by atoms with van der Waals surface area (Å²) >= 11 is 3.68. The van der Waals surface area contributed by atoms with Crippen LogP contribution in [0.25, 0.3) is 0 Å². The second kappa shape index (κ2) is 7.38. The minimum atomic E-state index is -0.747. The Morgan fingerprint density at radius 1 is 1.24 bits per heavy atom. The van der Waals surface area contributed by atoms with Gasteiger partial charge in [0, 0.05) is 39.3 Å². The Bertz CT molecular complexity index is 495. The standard InChI is InChI=1S/C14H23BrN4O2/c1-3-11-14(15)12(19(4-2)16-11)9-17-5-7-18(8-6-17)10-13(20)21/h3-10H2,1-2H3,(H,20,21). The molecule has 7 heteroatoms. The number of hydrogen-bond donors (Lipinski definition) is 1. The second-order valence-corrected chi connectivity index (χ2v) is 6.12. The van der Waals surface area contributed by atoms with E-state index in [4.69, 9.17) is 5.11 Å². The minimum absolute atomic E-state index is 0.143. The predicted octanol–water partition coefficient (Wildman–Crippen LogP) is 1.43. The summed E-state index contributed by atoms with van der Waals surface area (Å²) in [6.07, 6.45) is 0.924. The lowest BCUT2D eigenvalue weighted by atomic mass is 10.2. The maximum atomic E-state index is 10.7. The molecule has 1 N–H and O–H groups in total. The van der Waals surface area contributed by atoms with Crippen molar-refractivity contribution >= 4 is 21.9 Å². The van der Waals surface area contributed by atoms with Gasteiger partial charge >= 0.3 is 5.97 Å². The SMILES string of the molecule is CCc1nn(CC)c(CN2CCN(CC(=O)O)CC2)c1Br. The summed E-state index contributed by atoms with van der Waals surface area (Å²) in [4.78, 5) is 15.1. The zero-order valence-electron chi connectivity index (χ0n) is 12.7. The average molecular weight is 359 g/mol. The monoisotopic (exact) mass is 358 g/mol. The van der Waals surface area contributed by atoms with E-state index in [1.54, 1.807) is 0 Å². The van der Waals surface area contributed by atoms with Crippen molar-refractivity contribution in [3.8, 4) is 0 Å². The predicted molar refractivity (Wildman–Crippen MR) is 84.3 cm³/mol. The summed E-state index contributed by atoms with van der Waals surface area (Å²) < 4.78 is 3.19. The van der Waals surface area contributed by atoms with E-state index in [-0.39, 0.29) is 6.54 Å². The molecule has 0 amide bonds. The normalized spacial score (nSPS) is 17.3. The van der Waals surface area contributed by atoms with Crippen molar-refractivity contribution in [1.29, 1.82) is 0 Å². The third kappa shape index (κ3) is 4.05. The van der Waals surface area contributed by atoms with Crippen molar-refractivity contribution in [2.45, 2.75) is 33.4 Å². The van der Waals surface area contributed by atoms with Crippen LogP contribution in [0.15, 0.2) is 4.47 Å². The molecular weight excluding hydrogens is 336 g/mol. The van der Waals surface area contributed by atoms with Gasteiger partial charge in [0.25, 0.3) is 0 Å². The summed E-state index contributed by atoms with van der Waals surface area (Å²) in [5.41, 5.74) is 2.33. The third-order valence-corrected chi connectivity index (χ3v) is 4.81. The molecule has 6 nitrogen and oxygen atoms in total. The number of nitrogens with zero attached hydrogens (tertiary/aromatic N) is 4. The first-order valence-corrected chi connectivity index (χ1v) is 8.25. The highest BCUT2D eigenvalue weighted by molar-refractivity contribution is 9.10. The molecule has 0 unspecified atom stereocenters. The number of aromatic nitrogens is 2. The molecule has 1 aliphatic rings. The summed E-state index contributed by atoms with van der Waals surface area (Å²) in [5, 5.41) is 13.4. The Morgan fingerprint density at radius 2 is 1.86 bits per heavy atom. The van der Waals surface area contributed by atoms with Crippen molar-refractivity contribution in [2.75, 3.05) is 32.7 Å². The molecule has 21 heavy (non-hydrogen) atoms. The molecule has 2 rings (SSSR count). The molecular formula is C14H23BrN4O2. The topological polar surface area (TPSA) is 61.6 Å². The number of carboxylic acid groups (broad SMARTS) is 1. The van der Waals surface area contributed by atoms with Crippen molar-refractivity contribution in [1.82, 2.24) is 19.6 Å². The number of aliphatic carboxylic acids is 1. The van der Waals surface area contributed by atoms with Gasteiger partial charge in [-0.1, -0.05) is 6.92 Å². The van der Waals surface area contributed by atoms with Gasteiger partial charge in [0.15, 0.2) is 0 Å². The molecule has 1 fully saturated rings. The van der Waals surface area contributed by atoms with E-state index in [0.29, 0.717) is 0 Å². The van der Waals surface area contributed by atoms with Crippen LogP contribution in [0, 0.1) is 0 Å². The van der Waals surface area contributed by atoms with Crippen LogP contribution in [0.1, 0.15) is 25.2 Å². The van der Waals surface area contributed by atoms with E-state index in [9.17, 15) is 4.79 Å². The molecule has 1 aromatic rings. The number of aryl methyl sites for hydroxylation is 2. The Kier molecular flexibility index (Phi) is 5.78. The largest absolute Gasteiger partial charge is 0.480 e. The molecule has 118 valence electrons. The number of piperazine rings is 1. The molecule has 1 aromatic heterocycles. The van der Waals surface area contributed by atoms with Crippen LogP contribution in [0.3, 0.4) is 0 Å². The Morgan fingerprint density at radius 3 is 2.38 bits per heavy atom. The van der Waals surface area contributed by atoms with Crippen LogP contribution in [0.5, 0.6) is 0 Å². The molecule has 0 bridgehead atoms. The van der Waals surface area contributed by atoms with Crippen LogP contribution in [0.2, 0.25) is 0 Å². The molecule has 0 aromatic carbocycles. The molecule has 1 saturated heterocycles. The van der Waals surface area contributed by atoms with E-state index >= 15 is 0 Å². The third-order valence-electron chi connectivity index (χ3n) is 3.89. The van der Waals surface area contributed by atoms with Gasteiger partial charge in [0.05, 0.1) is 22.4 Å². The summed E-state index contributed by atoms with van der Waals surface area (Å²) in [6.45, 7) is 9.51. The van der Waals surface area contributed by atoms with Gasteiger partial charge in [-0.25, -0.2) is 0 Å². The number of hydrogen-bond acceptors (Lipinski definition) is 4.